The first-order valence-corrected chi connectivity index (χ1v) is 8.05. The molecule has 21 heavy (non-hydrogen) atoms. The first-order chi connectivity index (χ1) is 9.71. The van der Waals surface area contributed by atoms with Gasteiger partial charge < -0.3 is 19.6 Å². The quantitative estimate of drug-likeness (QED) is 0.847. The third-order valence-corrected chi connectivity index (χ3v) is 3.78. The number of amides is 1. The normalized spacial score (nSPS) is 21.9. The fraction of sp³-hybridized carbons (Fsp3) is 0.938. The van der Waals surface area contributed by atoms with E-state index in [-0.39, 0.29) is 12.2 Å². The van der Waals surface area contributed by atoms with Crippen molar-refractivity contribution in [3.63, 3.8) is 0 Å². The molecule has 1 rings (SSSR count). The van der Waals surface area contributed by atoms with Crippen molar-refractivity contribution in [2.75, 3.05) is 33.2 Å². The third-order valence-electron chi connectivity index (χ3n) is 3.78. The second-order valence-electron chi connectivity index (χ2n) is 7.19. The Balaban J connectivity index is 2.41. The Kier molecular flexibility index (Phi) is 6.94. The average Bonchev–Trinajstić information content (AvgIpc) is 2.37. The molecule has 5 heteroatoms. The number of nitrogens with zero attached hydrogens (tertiary/aromatic N) is 2. The van der Waals surface area contributed by atoms with Crippen molar-refractivity contribution in [1.82, 2.24) is 9.80 Å². The molecule has 1 saturated heterocycles. The maximum atomic E-state index is 12.0. The maximum Gasteiger partial charge on any atom is 0.410 e. The fourth-order valence-corrected chi connectivity index (χ4v) is 2.69. The monoisotopic (exact) mass is 300 g/mol. The van der Waals surface area contributed by atoms with Gasteiger partial charge in [0.2, 0.25) is 0 Å². The summed E-state index contributed by atoms with van der Waals surface area (Å²) in [6, 6.07) is 0. The largest absolute Gasteiger partial charge is 0.444 e. The Morgan fingerprint density at radius 1 is 1.48 bits per heavy atom. The molecular formula is C16H32N2O3. The molecule has 5 nitrogen and oxygen atoms in total. The summed E-state index contributed by atoms with van der Waals surface area (Å²) >= 11 is 0. The number of aliphatic hydroxyl groups excluding tert-OH is 1. The molecule has 0 radical (unpaired) electrons. The van der Waals surface area contributed by atoms with Crippen molar-refractivity contribution >= 4 is 6.09 Å². The summed E-state index contributed by atoms with van der Waals surface area (Å²) in [6.45, 7) is 11.1. The van der Waals surface area contributed by atoms with Gasteiger partial charge in [-0.15, -0.1) is 0 Å². The number of rotatable bonds is 5. The number of likely N-dealkylation sites (tertiary alicyclic amines) is 1. The first-order valence-electron chi connectivity index (χ1n) is 8.05. The molecule has 0 aromatic rings. The molecule has 124 valence electrons. The van der Waals surface area contributed by atoms with Gasteiger partial charge in [-0.1, -0.05) is 6.92 Å². The predicted molar refractivity (Wildman–Crippen MR) is 84.3 cm³/mol. The van der Waals surface area contributed by atoms with Crippen LogP contribution in [0.1, 0.15) is 47.0 Å². The number of piperidine rings is 1. The predicted octanol–water partition coefficient (Wildman–Crippen LogP) is 2.34. The smallest absolute Gasteiger partial charge is 0.410 e. The van der Waals surface area contributed by atoms with E-state index in [0.717, 1.165) is 38.9 Å². The van der Waals surface area contributed by atoms with Crippen LogP contribution in [0.3, 0.4) is 0 Å². The van der Waals surface area contributed by atoms with Crippen molar-refractivity contribution in [1.29, 1.82) is 0 Å². The van der Waals surface area contributed by atoms with Crippen LogP contribution in [0, 0.1) is 5.92 Å². The number of β-amino-alcohol motifs (C(OH)–C–C–N with tert-alkyl or cyclic N) is 1. The van der Waals surface area contributed by atoms with Crippen LogP contribution in [0.15, 0.2) is 0 Å². The molecule has 2 atom stereocenters. The lowest BCUT2D eigenvalue weighted by Gasteiger charge is -2.35. The Morgan fingerprint density at radius 3 is 2.71 bits per heavy atom. The highest BCUT2D eigenvalue weighted by molar-refractivity contribution is 5.67. The third kappa shape index (κ3) is 7.14. The molecule has 0 saturated carbocycles. The van der Waals surface area contributed by atoms with Crippen molar-refractivity contribution in [3.8, 4) is 0 Å². The number of carbonyl (C=O) groups is 1. The van der Waals surface area contributed by atoms with E-state index >= 15 is 0 Å². The molecule has 1 fully saturated rings. The Bertz CT molecular complexity index is 328. The van der Waals surface area contributed by atoms with E-state index in [2.05, 4.69) is 4.90 Å². The molecule has 0 bridgehead atoms. The van der Waals surface area contributed by atoms with E-state index in [1.807, 2.05) is 27.7 Å². The van der Waals surface area contributed by atoms with Gasteiger partial charge in [0.1, 0.15) is 5.60 Å². The van der Waals surface area contributed by atoms with Crippen LogP contribution in [-0.2, 0) is 4.74 Å². The van der Waals surface area contributed by atoms with Gasteiger partial charge in [-0.05, 0) is 52.5 Å². The van der Waals surface area contributed by atoms with E-state index in [4.69, 9.17) is 4.74 Å². The molecule has 1 N–H and O–H groups in total. The van der Waals surface area contributed by atoms with Crippen LogP contribution in [0.5, 0.6) is 0 Å². The van der Waals surface area contributed by atoms with Gasteiger partial charge in [0.25, 0.3) is 0 Å². The highest BCUT2D eigenvalue weighted by Gasteiger charge is 2.25. The zero-order valence-electron chi connectivity index (χ0n) is 14.3. The second kappa shape index (κ2) is 7.99. The number of ether oxygens (including phenoxy) is 1. The van der Waals surface area contributed by atoms with Gasteiger partial charge in [0, 0.05) is 26.7 Å². The van der Waals surface area contributed by atoms with Gasteiger partial charge in [0.05, 0.1) is 6.10 Å². The molecule has 0 spiro atoms. The molecule has 1 amide bonds. The molecular weight excluding hydrogens is 268 g/mol. The first kappa shape index (κ1) is 18.2. The lowest BCUT2D eigenvalue weighted by molar-refractivity contribution is 0.0223. The minimum atomic E-state index is -0.449. The minimum Gasteiger partial charge on any atom is -0.444 e. The van der Waals surface area contributed by atoms with Crippen LogP contribution in [0.25, 0.3) is 0 Å². The van der Waals surface area contributed by atoms with Crippen LogP contribution in [-0.4, -0.2) is 65.9 Å². The van der Waals surface area contributed by atoms with Crippen molar-refractivity contribution in [2.45, 2.75) is 58.7 Å². The topological polar surface area (TPSA) is 53.0 Å². The van der Waals surface area contributed by atoms with Crippen LogP contribution < -0.4 is 0 Å². The summed E-state index contributed by atoms with van der Waals surface area (Å²) in [7, 11) is 1.80. The van der Waals surface area contributed by atoms with E-state index in [1.165, 1.54) is 0 Å². The summed E-state index contributed by atoms with van der Waals surface area (Å²) in [4.78, 5) is 16.0. The highest BCUT2D eigenvalue weighted by atomic mass is 16.6. The summed E-state index contributed by atoms with van der Waals surface area (Å²) in [5, 5.41) is 9.77. The zero-order chi connectivity index (χ0) is 16.0. The van der Waals surface area contributed by atoms with Crippen molar-refractivity contribution in [3.05, 3.63) is 0 Å². The van der Waals surface area contributed by atoms with Crippen LogP contribution in [0.2, 0.25) is 0 Å². The van der Waals surface area contributed by atoms with E-state index in [1.54, 1.807) is 11.9 Å². The SMILES string of the molecule is CCC(O)CN1CCCC(CN(C)C(=O)OC(C)(C)C)C1. The molecule has 1 aliphatic rings. The number of hydrogen-bond donors (Lipinski definition) is 1. The summed E-state index contributed by atoms with van der Waals surface area (Å²) in [5.74, 6) is 0.459. The molecule has 0 aromatic carbocycles. The van der Waals surface area contributed by atoms with Gasteiger partial charge in [-0.25, -0.2) is 4.79 Å². The maximum absolute atomic E-state index is 12.0. The van der Waals surface area contributed by atoms with Gasteiger partial charge in [0.15, 0.2) is 0 Å². The van der Waals surface area contributed by atoms with E-state index < -0.39 is 5.60 Å². The summed E-state index contributed by atoms with van der Waals surface area (Å²) in [5.41, 5.74) is -0.449. The zero-order valence-corrected chi connectivity index (χ0v) is 14.3. The summed E-state index contributed by atoms with van der Waals surface area (Å²) in [6.07, 6.45) is 2.55. The highest BCUT2D eigenvalue weighted by Crippen LogP contribution is 2.19. The van der Waals surface area contributed by atoms with Crippen LogP contribution >= 0.6 is 0 Å². The van der Waals surface area contributed by atoms with Gasteiger partial charge in [-0.2, -0.15) is 0 Å². The summed E-state index contributed by atoms with van der Waals surface area (Å²) < 4.78 is 5.38. The van der Waals surface area contributed by atoms with E-state index in [0.29, 0.717) is 12.5 Å². The number of hydrogen-bond acceptors (Lipinski definition) is 4. The van der Waals surface area contributed by atoms with Gasteiger partial charge in [-0.3, -0.25) is 0 Å². The van der Waals surface area contributed by atoms with E-state index in [9.17, 15) is 9.90 Å². The molecule has 1 heterocycles. The molecule has 2 unspecified atom stereocenters. The Morgan fingerprint density at radius 2 is 2.14 bits per heavy atom. The van der Waals surface area contributed by atoms with Gasteiger partial charge >= 0.3 is 6.09 Å². The second-order valence-corrected chi connectivity index (χ2v) is 7.19. The lowest BCUT2D eigenvalue weighted by atomic mass is 9.97. The Labute approximate surface area is 129 Å². The molecule has 1 aliphatic heterocycles. The number of aliphatic hydroxyl groups is 1. The molecule has 0 aromatic heterocycles. The minimum absolute atomic E-state index is 0.243. The van der Waals surface area contributed by atoms with Crippen LogP contribution in [0.4, 0.5) is 4.79 Å². The molecule has 0 aliphatic carbocycles. The van der Waals surface area contributed by atoms with Crippen molar-refractivity contribution < 1.29 is 14.6 Å². The number of carbonyl (C=O) groups excluding carboxylic acids is 1. The average molecular weight is 300 g/mol. The standard InChI is InChI=1S/C16H32N2O3/c1-6-14(19)12-18-9-7-8-13(11-18)10-17(5)15(20)21-16(2,3)4/h13-14,19H,6-12H2,1-5H3. The lowest BCUT2D eigenvalue weighted by Crippen LogP contribution is -2.44. The van der Waals surface area contributed by atoms with Crippen molar-refractivity contribution in [2.24, 2.45) is 5.92 Å². The Hall–Kier alpha value is -0.810. The fourth-order valence-electron chi connectivity index (χ4n) is 2.69.